The Morgan fingerprint density at radius 1 is 1.03 bits per heavy atom. The van der Waals surface area contributed by atoms with Gasteiger partial charge in [0.05, 0.1) is 7.11 Å². The minimum Gasteiger partial charge on any atom is -0.497 e. The molecule has 0 spiro atoms. The van der Waals surface area contributed by atoms with E-state index in [-0.39, 0.29) is 5.91 Å². The minimum absolute atomic E-state index is 0.0507. The molecule has 4 aromatic rings. The Kier molecular flexibility index (Phi) is 6.18. The molecule has 4 rings (SSSR count). The number of carbonyl (C=O) groups is 1. The zero-order valence-electron chi connectivity index (χ0n) is 16.9. The fourth-order valence-electron chi connectivity index (χ4n) is 2.92. The van der Waals surface area contributed by atoms with E-state index in [1.54, 1.807) is 60.7 Å². The highest BCUT2D eigenvalue weighted by atomic mass is 16.5. The second kappa shape index (κ2) is 9.53. The van der Waals surface area contributed by atoms with Gasteiger partial charge in [-0.15, -0.1) is 0 Å². The predicted octanol–water partition coefficient (Wildman–Crippen LogP) is 4.03. The Hall–Kier alpha value is -4.20. The lowest BCUT2D eigenvalue weighted by atomic mass is 10.1. The first-order valence-electron chi connectivity index (χ1n) is 9.71. The maximum atomic E-state index is 12.2. The fraction of sp³-hybridized carbons (Fsp3) is 0.130. The van der Waals surface area contributed by atoms with Crippen LogP contribution in [0.4, 0.5) is 5.69 Å². The largest absolute Gasteiger partial charge is 0.497 e. The number of nitrogens with zero attached hydrogens (tertiary/aromatic N) is 4. The third-order valence-corrected chi connectivity index (χ3v) is 4.56. The number of aryl methyl sites for hydroxylation is 1. The molecule has 0 unspecified atom stereocenters. The van der Waals surface area contributed by atoms with Gasteiger partial charge in [0.1, 0.15) is 30.0 Å². The Morgan fingerprint density at radius 2 is 1.81 bits per heavy atom. The van der Waals surface area contributed by atoms with E-state index in [1.165, 1.54) is 6.33 Å². The number of ether oxygens (including phenoxy) is 2. The molecule has 0 saturated heterocycles. The van der Waals surface area contributed by atoms with Crippen LogP contribution in [-0.4, -0.2) is 32.5 Å². The van der Waals surface area contributed by atoms with Crippen molar-refractivity contribution in [1.29, 1.82) is 0 Å². The van der Waals surface area contributed by atoms with Crippen LogP contribution < -0.4 is 14.8 Å². The zero-order chi connectivity index (χ0) is 21.5. The van der Waals surface area contributed by atoms with Crippen molar-refractivity contribution >= 4 is 11.6 Å². The van der Waals surface area contributed by atoms with E-state index in [4.69, 9.17) is 9.47 Å². The van der Waals surface area contributed by atoms with Gasteiger partial charge in [0.15, 0.2) is 0 Å². The average molecular weight is 415 g/mol. The lowest BCUT2D eigenvalue weighted by Gasteiger charge is -2.09. The molecule has 156 valence electrons. The molecule has 2 aromatic carbocycles. The Balaban J connectivity index is 1.30. The number of nitrogens with one attached hydrogen (secondary N) is 1. The molecule has 0 aliphatic carbocycles. The minimum atomic E-state index is -0.0507. The molecule has 0 atom stereocenters. The molecule has 0 aliphatic heterocycles. The lowest BCUT2D eigenvalue weighted by Crippen LogP contribution is -2.12. The predicted molar refractivity (Wildman–Crippen MR) is 116 cm³/mol. The lowest BCUT2D eigenvalue weighted by molar-refractivity contribution is -0.116. The fourth-order valence-corrected chi connectivity index (χ4v) is 2.92. The van der Waals surface area contributed by atoms with Gasteiger partial charge in [-0.05, 0) is 48.4 Å². The number of rotatable bonds is 8. The maximum Gasteiger partial charge on any atom is 0.224 e. The van der Waals surface area contributed by atoms with Gasteiger partial charge < -0.3 is 14.8 Å². The number of anilines is 1. The summed E-state index contributed by atoms with van der Waals surface area (Å²) in [6.07, 6.45) is 7.59. The van der Waals surface area contributed by atoms with Crippen molar-refractivity contribution in [1.82, 2.24) is 19.5 Å². The maximum absolute atomic E-state index is 12.2. The summed E-state index contributed by atoms with van der Waals surface area (Å²) in [6, 6.07) is 16.6. The highest BCUT2D eigenvalue weighted by Crippen LogP contribution is 2.22. The van der Waals surface area contributed by atoms with Gasteiger partial charge in [-0.3, -0.25) is 9.36 Å². The summed E-state index contributed by atoms with van der Waals surface area (Å²) in [4.78, 5) is 24.6. The number of hydrogen-bond acceptors (Lipinski definition) is 6. The van der Waals surface area contributed by atoms with Gasteiger partial charge in [-0.1, -0.05) is 12.1 Å². The molecule has 8 nitrogen and oxygen atoms in total. The monoisotopic (exact) mass is 415 g/mol. The van der Waals surface area contributed by atoms with E-state index in [0.29, 0.717) is 36.0 Å². The van der Waals surface area contributed by atoms with Crippen molar-refractivity contribution in [3.8, 4) is 23.2 Å². The first-order valence-corrected chi connectivity index (χ1v) is 9.71. The molecule has 0 saturated carbocycles. The van der Waals surface area contributed by atoms with Gasteiger partial charge in [-0.2, -0.15) is 0 Å². The standard InChI is InChI=1S/C23H21N5O3/c1-30-19-7-2-17(3-8-19)4-11-22(29)27-18-5-9-20(10-6-18)31-23-14-21(25-15-26-23)28-13-12-24-16-28/h2-3,5-10,12-16H,4,11H2,1H3,(H,27,29). The van der Waals surface area contributed by atoms with E-state index in [0.717, 1.165) is 11.3 Å². The summed E-state index contributed by atoms with van der Waals surface area (Å²) in [5.74, 6) is 2.42. The van der Waals surface area contributed by atoms with E-state index in [1.807, 2.05) is 24.3 Å². The van der Waals surface area contributed by atoms with E-state index >= 15 is 0 Å². The van der Waals surface area contributed by atoms with Crippen molar-refractivity contribution in [2.24, 2.45) is 0 Å². The number of amides is 1. The van der Waals surface area contributed by atoms with Crippen LogP contribution in [0.2, 0.25) is 0 Å². The summed E-state index contributed by atoms with van der Waals surface area (Å²) in [5.41, 5.74) is 1.79. The molecule has 2 heterocycles. The second-order valence-electron chi connectivity index (χ2n) is 6.71. The molecule has 0 fully saturated rings. The average Bonchev–Trinajstić information content (AvgIpc) is 3.35. The summed E-state index contributed by atoms with van der Waals surface area (Å²) < 4.78 is 12.7. The van der Waals surface area contributed by atoms with Crippen LogP contribution in [0.5, 0.6) is 17.4 Å². The van der Waals surface area contributed by atoms with Gasteiger partial charge in [0.2, 0.25) is 11.8 Å². The van der Waals surface area contributed by atoms with Crippen molar-refractivity contribution in [3.63, 3.8) is 0 Å². The van der Waals surface area contributed by atoms with Crippen molar-refractivity contribution in [3.05, 3.63) is 85.2 Å². The van der Waals surface area contributed by atoms with Crippen LogP contribution in [0.1, 0.15) is 12.0 Å². The molecule has 0 radical (unpaired) electrons. The van der Waals surface area contributed by atoms with Crippen LogP contribution in [0, 0.1) is 0 Å². The normalized spacial score (nSPS) is 10.5. The first-order chi connectivity index (χ1) is 15.2. The Bertz CT molecular complexity index is 1130. The van der Waals surface area contributed by atoms with Gasteiger partial charge >= 0.3 is 0 Å². The molecule has 1 amide bonds. The van der Waals surface area contributed by atoms with Crippen LogP contribution >= 0.6 is 0 Å². The summed E-state index contributed by atoms with van der Waals surface area (Å²) in [6.45, 7) is 0. The van der Waals surface area contributed by atoms with Crippen LogP contribution in [0.25, 0.3) is 5.82 Å². The molecule has 2 aromatic heterocycles. The Morgan fingerprint density at radius 3 is 2.52 bits per heavy atom. The van der Waals surface area contributed by atoms with E-state index < -0.39 is 0 Å². The van der Waals surface area contributed by atoms with Gasteiger partial charge in [0, 0.05) is 30.6 Å². The topological polar surface area (TPSA) is 91.2 Å². The molecular formula is C23H21N5O3. The molecule has 8 heteroatoms. The summed E-state index contributed by atoms with van der Waals surface area (Å²) in [5, 5.41) is 2.90. The number of hydrogen-bond donors (Lipinski definition) is 1. The highest BCUT2D eigenvalue weighted by Gasteiger charge is 2.06. The molecule has 0 bridgehead atoms. The van der Waals surface area contributed by atoms with Crippen molar-refractivity contribution in [2.45, 2.75) is 12.8 Å². The van der Waals surface area contributed by atoms with E-state index in [9.17, 15) is 4.79 Å². The third-order valence-electron chi connectivity index (χ3n) is 4.56. The molecular weight excluding hydrogens is 394 g/mol. The number of aromatic nitrogens is 4. The SMILES string of the molecule is COc1ccc(CCC(=O)Nc2ccc(Oc3cc(-n4ccnc4)ncn3)cc2)cc1. The second-order valence-corrected chi connectivity index (χ2v) is 6.71. The van der Waals surface area contributed by atoms with Crippen molar-refractivity contribution < 1.29 is 14.3 Å². The molecule has 31 heavy (non-hydrogen) atoms. The first kappa shape index (κ1) is 20.1. The van der Waals surface area contributed by atoms with Gasteiger partial charge in [-0.25, -0.2) is 15.0 Å². The van der Waals surface area contributed by atoms with Crippen LogP contribution in [0.15, 0.2) is 79.6 Å². The third kappa shape index (κ3) is 5.45. The van der Waals surface area contributed by atoms with Gasteiger partial charge in [0.25, 0.3) is 0 Å². The molecule has 1 N–H and O–H groups in total. The number of imidazole rings is 1. The molecule has 0 aliphatic rings. The van der Waals surface area contributed by atoms with Crippen LogP contribution in [-0.2, 0) is 11.2 Å². The highest BCUT2D eigenvalue weighted by molar-refractivity contribution is 5.90. The van der Waals surface area contributed by atoms with Crippen LogP contribution in [0.3, 0.4) is 0 Å². The summed E-state index contributed by atoms with van der Waals surface area (Å²) >= 11 is 0. The zero-order valence-corrected chi connectivity index (χ0v) is 16.9. The smallest absolute Gasteiger partial charge is 0.224 e. The van der Waals surface area contributed by atoms with E-state index in [2.05, 4.69) is 20.3 Å². The number of carbonyl (C=O) groups excluding carboxylic acids is 1. The number of methoxy groups -OCH3 is 1. The summed E-state index contributed by atoms with van der Waals surface area (Å²) in [7, 11) is 1.63. The Labute approximate surface area is 179 Å². The quantitative estimate of drug-likeness (QED) is 0.467. The number of benzene rings is 2. The van der Waals surface area contributed by atoms with Crippen molar-refractivity contribution in [2.75, 3.05) is 12.4 Å².